The van der Waals surface area contributed by atoms with Gasteiger partial charge in [0, 0.05) is 12.4 Å². The fourth-order valence-electron chi connectivity index (χ4n) is 1.93. The Balaban J connectivity index is 1.71. The average Bonchev–Trinajstić information content (AvgIpc) is 2.90. The molecule has 2 heterocycles. The number of nitrogens with zero attached hydrogens (tertiary/aromatic N) is 2. The number of nitrogens with two attached hydrogens (primary N) is 1. The highest BCUT2D eigenvalue weighted by molar-refractivity contribution is 6.33. The van der Waals surface area contributed by atoms with Crippen LogP contribution in [-0.2, 0) is 11.3 Å². The Morgan fingerprint density at radius 3 is 2.95 bits per heavy atom. The molecule has 0 aliphatic heterocycles. The van der Waals surface area contributed by atoms with Gasteiger partial charge in [0.2, 0.25) is 0 Å². The molecule has 1 aromatic carbocycles. The van der Waals surface area contributed by atoms with Crippen molar-refractivity contribution in [2.24, 2.45) is 0 Å². The number of anilines is 1. The number of carbonyl (C=O) groups excluding carboxylic acids is 1. The topological polar surface area (TPSA) is 69.6 Å². The van der Waals surface area contributed by atoms with Gasteiger partial charge < -0.3 is 14.9 Å². The van der Waals surface area contributed by atoms with Crippen molar-refractivity contribution in [1.29, 1.82) is 0 Å². The van der Waals surface area contributed by atoms with Crippen molar-refractivity contribution in [3.63, 3.8) is 0 Å². The number of benzene rings is 1. The monoisotopic (exact) mass is 301 g/mol. The van der Waals surface area contributed by atoms with Crippen LogP contribution in [0.4, 0.5) is 5.69 Å². The van der Waals surface area contributed by atoms with Crippen LogP contribution >= 0.6 is 11.6 Å². The van der Waals surface area contributed by atoms with Crippen molar-refractivity contribution in [1.82, 2.24) is 9.38 Å². The van der Waals surface area contributed by atoms with Crippen LogP contribution < -0.4 is 5.73 Å². The fraction of sp³-hybridized carbons (Fsp3) is 0.0667. The first-order chi connectivity index (χ1) is 10.1. The Morgan fingerprint density at radius 2 is 2.19 bits per heavy atom. The summed E-state index contributed by atoms with van der Waals surface area (Å²) in [7, 11) is 0. The number of ether oxygens (including phenoxy) is 1. The summed E-state index contributed by atoms with van der Waals surface area (Å²) < 4.78 is 7.09. The summed E-state index contributed by atoms with van der Waals surface area (Å²) in [5.41, 5.74) is 7.87. The van der Waals surface area contributed by atoms with Gasteiger partial charge in [-0.2, -0.15) is 0 Å². The molecule has 0 aliphatic carbocycles. The molecular formula is C15H12ClN3O2. The van der Waals surface area contributed by atoms with Gasteiger partial charge in [-0.05, 0) is 30.3 Å². The summed E-state index contributed by atoms with van der Waals surface area (Å²) in [5.74, 6) is -0.464. The Bertz CT molecular complexity index is 781. The van der Waals surface area contributed by atoms with Crippen LogP contribution in [0.15, 0.2) is 48.8 Å². The fourth-order valence-corrected chi connectivity index (χ4v) is 2.11. The van der Waals surface area contributed by atoms with Gasteiger partial charge in [0.05, 0.1) is 22.0 Å². The molecule has 0 saturated carbocycles. The second-order valence-corrected chi connectivity index (χ2v) is 4.92. The molecule has 0 spiro atoms. The zero-order valence-corrected chi connectivity index (χ0v) is 11.7. The summed E-state index contributed by atoms with van der Waals surface area (Å²) in [6.45, 7) is 0.0997. The van der Waals surface area contributed by atoms with E-state index in [0.29, 0.717) is 22.0 Å². The van der Waals surface area contributed by atoms with Crippen molar-refractivity contribution < 1.29 is 9.53 Å². The number of carbonyl (C=O) groups is 1. The van der Waals surface area contributed by atoms with Crippen molar-refractivity contribution in [3.8, 4) is 0 Å². The molecule has 0 amide bonds. The molecule has 0 atom stereocenters. The number of hydrogen-bond acceptors (Lipinski definition) is 4. The number of halogens is 1. The zero-order valence-electron chi connectivity index (χ0n) is 11.0. The minimum absolute atomic E-state index is 0.0997. The van der Waals surface area contributed by atoms with Crippen LogP contribution in [-0.4, -0.2) is 15.4 Å². The predicted molar refractivity (Wildman–Crippen MR) is 80.2 cm³/mol. The lowest BCUT2D eigenvalue weighted by atomic mass is 10.2. The maximum absolute atomic E-state index is 11.9. The number of hydrogen-bond donors (Lipinski definition) is 1. The molecule has 2 N–H and O–H groups in total. The molecule has 3 aromatic rings. The van der Waals surface area contributed by atoms with Crippen LogP contribution in [0, 0.1) is 0 Å². The lowest BCUT2D eigenvalue weighted by Gasteiger charge is -2.04. The Labute approximate surface area is 125 Å². The van der Waals surface area contributed by atoms with Crippen molar-refractivity contribution in [2.75, 3.05) is 5.73 Å². The Kier molecular flexibility index (Phi) is 3.50. The van der Waals surface area contributed by atoms with Gasteiger partial charge >= 0.3 is 5.97 Å². The minimum Gasteiger partial charge on any atom is -0.456 e. The zero-order chi connectivity index (χ0) is 14.8. The Morgan fingerprint density at radius 1 is 1.33 bits per heavy atom. The van der Waals surface area contributed by atoms with Crippen molar-refractivity contribution >= 4 is 28.9 Å². The summed E-state index contributed by atoms with van der Waals surface area (Å²) in [5, 5.41) is 0.331. The van der Waals surface area contributed by atoms with E-state index in [-0.39, 0.29) is 6.61 Å². The molecule has 0 fully saturated rings. The molecule has 106 valence electrons. The highest BCUT2D eigenvalue weighted by Crippen LogP contribution is 2.20. The smallest absolute Gasteiger partial charge is 0.338 e. The lowest BCUT2D eigenvalue weighted by molar-refractivity contribution is 0.0468. The van der Waals surface area contributed by atoms with E-state index in [4.69, 9.17) is 22.1 Å². The van der Waals surface area contributed by atoms with E-state index in [9.17, 15) is 4.79 Å². The van der Waals surface area contributed by atoms with E-state index in [0.717, 1.165) is 5.65 Å². The van der Waals surface area contributed by atoms with Gasteiger partial charge in [-0.25, -0.2) is 9.78 Å². The Hall–Kier alpha value is -2.53. The van der Waals surface area contributed by atoms with Gasteiger partial charge in [-0.15, -0.1) is 0 Å². The third kappa shape index (κ3) is 2.83. The van der Waals surface area contributed by atoms with Crippen LogP contribution in [0.1, 0.15) is 16.1 Å². The van der Waals surface area contributed by atoms with Crippen LogP contribution in [0.25, 0.3) is 5.65 Å². The second kappa shape index (κ2) is 5.46. The van der Waals surface area contributed by atoms with E-state index < -0.39 is 5.97 Å². The molecule has 0 radical (unpaired) electrons. The van der Waals surface area contributed by atoms with Crippen molar-refractivity contribution in [3.05, 3.63) is 65.1 Å². The highest BCUT2D eigenvalue weighted by Gasteiger charge is 2.10. The van der Waals surface area contributed by atoms with E-state index in [1.54, 1.807) is 12.1 Å². The minimum atomic E-state index is -0.464. The number of rotatable bonds is 3. The van der Waals surface area contributed by atoms with Crippen LogP contribution in [0.3, 0.4) is 0 Å². The van der Waals surface area contributed by atoms with Crippen molar-refractivity contribution in [2.45, 2.75) is 6.61 Å². The van der Waals surface area contributed by atoms with E-state index in [2.05, 4.69) is 4.98 Å². The molecule has 0 saturated heterocycles. The first-order valence-electron chi connectivity index (χ1n) is 6.28. The van der Waals surface area contributed by atoms with Crippen LogP contribution in [0.5, 0.6) is 0 Å². The third-order valence-corrected chi connectivity index (χ3v) is 3.33. The standard InChI is InChI=1S/C15H12ClN3O2/c16-12-7-10(4-5-13(12)17)15(20)21-9-11-8-19-6-2-1-3-14(19)18-11/h1-8H,9,17H2. The van der Waals surface area contributed by atoms with Gasteiger partial charge in [-0.3, -0.25) is 0 Å². The highest BCUT2D eigenvalue weighted by atomic mass is 35.5. The summed E-state index contributed by atoms with van der Waals surface area (Å²) in [6, 6.07) is 10.3. The number of aromatic nitrogens is 2. The molecule has 0 bridgehead atoms. The van der Waals surface area contributed by atoms with Gasteiger partial charge in [0.1, 0.15) is 12.3 Å². The maximum Gasteiger partial charge on any atom is 0.338 e. The molecule has 2 aromatic heterocycles. The first-order valence-corrected chi connectivity index (χ1v) is 6.66. The van der Waals surface area contributed by atoms with E-state index in [1.165, 1.54) is 6.07 Å². The number of imidazole rings is 1. The SMILES string of the molecule is Nc1ccc(C(=O)OCc2cn3ccccc3n2)cc1Cl. The molecule has 0 unspecified atom stereocenters. The molecule has 5 nitrogen and oxygen atoms in total. The van der Waals surface area contributed by atoms with Gasteiger partial charge in [0.25, 0.3) is 0 Å². The molecule has 21 heavy (non-hydrogen) atoms. The molecule has 0 aliphatic rings. The predicted octanol–water partition coefficient (Wildman–Crippen LogP) is 2.93. The van der Waals surface area contributed by atoms with Gasteiger partial charge in [0.15, 0.2) is 0 Å². The van der Waals surface area contributed by atoms with Crippen LogP contribution in [0.2, 0.25) is 5.02 Å². The summed E-state index contributed by atoms with van der Waals surface area (Å²) in [6.07, 6.45) is 3.70. The van der Waals surface area contributed by atoms with E-state index in [1.807, 2.05) is 35.0 Å². The number of pyridine rings is 1. The third-order valence-electron chi connectivity index (χ3n) is 3.00. The molecule has 6 heteroatoms. The van der Waals surface area contributed by atoms with E-state index >= 15 is 0 Å². The second-order valence-electron chi connectivity index (χ2n) is 4.51. The molecular weight excluding hydrogens is 290 g/mol. The number of esters is 1. The summed E-state index contributed by atoms with van der Waals surface area (Å²) in [4.78, 5) is 16.3. The quantitative estimate of drug-likeness (QED) is 0.596. The lowest BCUT2D eigenvalue weighted by Crippen LogP contribution is -2.05. The normalized spacial score (nSPS) is 10.7. The van der Waals surface area contributed by atoms with Gasteiger partial charge in [-0.1, -0.05) is 17.7 Å². The average molecular weight is 302 g/mol. The number of nitrogen functional groups attached to an aromatic ring is 1. The molecule has 3 rings (SSSR count). The largest absolute Gasteiger partial charge is 0.456 e. The first kappa shape index (κ1) is 13.5. The summed E-state index contributed by atoms with van der Waals surface area (Å²) >= 11 is 5.88. The number of fused-ring (bicyclic) bond motifs is 1. The maximum atomic E-state index is 11.9.